The number of hydrogen-bond acceptors (Lipinski definition) is 3. The second-order valence-corrected chi connectivity index (χ2v) is 7.26. The van der Waals surface area contributed by atoms with Crippen molar-refractivity contribution in [2.75, 3.05) is 18.1 Å². The van der Waals surface area contributed by atoms with E-state index in [1.807, 2.05) is 18.2 Å². The summed E-state index contributed by atoms with van der Waals surface area (Å²) in [7, 11) is 0. The molecule has 0 aliphatic heterocycles. The fourth-order valence-corrected chi connectivity index (χ4v) is 3.50. The van der Waals surface area contributed by atoms with Crippen molar-refractivity contribution >= 4 is 29.4 Å². The largest absolute Gasteiger partial charge is 0.355 e. The van der Waals surface area contributed by atoms with Crippen molar-refractivity contribution < 1.29 is 4.79 Å². The monoisotopic (exact) mass is 331 g/mol. The maximum absolute atomic E-state index is 11.8. The number of carbonyl (C=O) groups is 1. The van der Waals surface area contributed by atoms with Crippen LogP contribution in [0, 0.1) is 6.92 Å². The second-order valence-electron chi connectivity index (χ2n) is 4.92. The Labute approximate surface area is 141 Å². The van der Waals surface area contributed by atoms with Crippen LogP contribution < -0.4 is 5.32 Å². The molecule has 116 valence electrons. The standard InChI is InChI=1S/C18H21NOS2/c1-15-7-9-17(10-8-15)21-13-11-18(20)19-12-14-22-16-5-3-2-4-6-16/h2-10H,11-14H2,1H3,(H,19,20). The molecular formula is C18H21NOS2. The molecule has 0 saturated heterocycles. The molecule has 2 aromatic carbocycles. The number of hydrogen-bond donors (Lipinski definition) is 1. The smallest absolute Gasteiger partial charge is 0.220 e. The molecule has 0 aliphatic rings. The van der Waals surface area contributed by atoms with Gasteiger partial charge in [-0.1, -0.05) is 35.9 Å². The average molecular weight is 332 g/mol. The quantitative estimate of drug-likeness (QED) is 0.575. The Hall–Kier alpha value is -1.39. The van der Waals surface area contributed by atoms with Gasteiger partial charge < -0.3 is 5.32 Å². The Balaban J connectivity index is 1.55. The highest BCUT2D eigenvalue weighted by molar-refractivity contribution is 7.99. The van der Waals surface area contributed by atoms with Crippen LogP contribution in [0.25, 0.3) is 0 Å². The first kappa shape index (κ1) is 17.0. The van der Waals surface area contributed by atoms with E-state index in [0.29, 0.717) is 13.0 Å². The van der Waals surface area contributed by atoms with E-state index in [-0.39, 0.29) is 5.91 Å². The highest BCUT2D eigenvalue weighted by atomic mass is 32.2. The van der Waals surface area contributed by atoms with Gasteiger partial charge in [0.25, 0.3) is 0 Å². The van der Waals surface area contributed by atoms with Crippen molar-refractivity contribution in [3.63, 3.8) is 0 Å². The number of amides is 1. The van der Waals surface area contributed by atoms with Gasteiger partial charge in [0.15, 0.2) is 0 Å². The maximum atomic E-state index is 11.8. The van der Waals surface area contributed by atoms with Crippen molar-refractivity contribution in [2.45, 2.75) is 23.1 Å². The topological polar surface area (TPSA) is 29.1 Å². The fraction of sp³-hybridized carbons (Fsp3) is 0.278. The summed E-state index contributed by atoms with van der Waals surface area (Å²) in [6, 6.07) is 18.7. The lowest BCUT2D eigenvalue weighted by Gasteiger charge is -2.05. The predicted molar refractivity (Wildman–Crippen MR) is 96.7 cm³/mol. The van der Waals surface area contributed by atoms with Crippen LogP contribution in [0.1, 0.15) is 12.0 Å². The lowest BCUT2D eigenvalue weighted by atomic mass is 10.2. The fourth-order valence-electron chi connectivity index (χ4n) is 1.86. The normalized spacial score (nSPS) is 10.4. The average Bonchev–Trinajstić information content (AvgIpc) is 2.54. The van der Waals surface area contributed by atoms with Crippen molar-refractivity contribution in [3.05, 3.63) is 60.2 Å². The summed E-state index contributed by atoms with van der Waals surface area (Å²) in [5.41, 5.74) is 1.26. The van der Waals surface area contributed by atoms with Gasteiger partial charge in [-0.15, -0.1) is 23.5 Å². The molecule has 0 heterocycles. The van der Waals surface area contributed by atoms with Gasteiger partial charge in [-0.25, -0.2) is 0 Å². The van der Waals surface area contributed by atoms with Crippen molar-refractivity contribution in [2.24, 2.45) is 0 Å². The Morgan fingerprint density at radius 1 is 0.909 bits per heavy atom. The van der Waals surface area contributed by atoms with E-state index in [4.69, 9.17) is 0 Å². The van der Waals surface area contributed by atoms with Crippen LogP contribution in [0.5, 0.6) is 0 Å². The molecule has 1 N–H and O–H groups in total. The maximum Gasteiger partial charge on any atom is 0.220 e. The van der Waals surface area contributed by atoms with E-state index < -0.39 is 0 Å². The second kappa shape index (κ2) is 9.59. The third-order valence-electron chi connectivity index (χ3n) is 3.06. The Kier molecular flexibility index (Phi) is 7.40. The number of carbonyl (C=O) groups excluding carboxylic acids is 1. The number of rotatable bonds is 8. The number of nitrogens with one attached hydrogen (secondary N) is 1. The Morgan fingerprint density at radius 3 is 2.27 bits per heavy atom. The molecule has 0 spiro atoms. The molecule has 4 heteroatoms. The third-order valence-corrected chi connectivity index (χ3v) is 5.08. The minimum Gasteiger partial charge on any atom is -0.355 e. The van der Waals surface area contributed by atoms with E-state index in [1.165, 1.54) is 15.4 Å². The summed E-state index contributed by atoms with van der Waals surface area (Å²) < 4.78 is 0. The summed E-state index contributed by atoms with van der Waals surface area (Å²) in [6.07, 6.45) is 0.564. The lowest BCUT2D eigenvalue weighted by molar-refractivity contribution is -0.120. The minimum atomic E-state index is 0.133. The van der Waals surface area contributed by atoms with Crippen molar-refractivity contribution in [1.82, 2.24) is 5.32 Å². The molecular weight excluding hydrogens is 310 g/mol. The molecule has 0 aliphatic carbocycles. The summed E-state index contributed by atoms with van der Waals surface area (Å²) in [5.74, 6) is 1.86. The highest BCUT2D eigenvalue weighted by Crippen LogP contribution is 2.19. The van der Waals surface area contributed by atoms with Crippen LogP contribution in [0.4, 0.5) is 0 Å². The molecule has 22 heavy (non-hydrogen) atoms. The minimum absolute atomic E-state index is 0.133. The van der Waals surface area contributed by atoms with E-state index in [1.54, 1.807) is 23.5 Å². The molecule has 0 atom stereocenters. The Bertz CT molecular complexity index is 569. The summed E-state index contributed by atoms with van der Waals surface area (Å²) in [6.45, 7) is 2.79. The van der Waals surface area contributed by atoms with Crippen LogP contribution in [-0.4, -0.2) is 24.0 Å². The van der Waals surface area contributed by atoms with Crippen LogP contribution >= 0.6 is 23.5 Å². The van der Waals surface area contributed by atoms with Gasteiger partial charge in [0.2, 0.25) is 5.91 Å². The summed E-state index contributed by atoms with van der Waals surface area (Å²) in [4.78, 5) is 14.2. The number of benzene rings is 2. The van der Waals surface area contributed by atoms with Gasteiger partial charge >= 0.3 is 0 Å². The third kappa shape index (κ3) is 6.58. The highest BCUT2D eigenvalue weighted by Gasteiger charge is 2.02. The van der Waals surface area contributed by atoms with Crippen LogP contribution in [-0.2, 0) is 4.79 Å². The molecule has 0 fully saturated rings. The summed E-state index contributed by atoms with van der Waals surface area (Å²) in [5, 5.41) is 2.98. The zero-order valence-corrected chi connectivity index (χ0v) is 14.4. The van der Waals surface area contributed by atoms with E-state index in [2.05, 4.69) is 48.6 Å². The zero-order valence-electron chi connectivity index (χ0n) is 12.7. The molecule has 1 amide bonds. The van der Waals surface area contributed by atoms with E-state index >= 15 is 0 Å². The molecule has 2 aromatic rings. The predicted octanol–water partition coefficient (Wildman–Crippen LogP) is 4.39. The van der Waals surface area contributed by atoms with Crippen LogP contribution in [0.15, 0.2) is 64.4 Å². The lowest BCUT2D eigenvalue weighted by Crippen LogP contribution is -2.25. The first-order valence-electron chi connectivity index (χ1n) is 7.38. The SMILES string of the molecule is Cc1ccc(SCCC(=O)NCCSc2ccccc2)cc1. The van der Waals surface area contributed by atoms with E-state index in [9.17, 15) is 4.79 Å². The number of thioether (sulfide) groups is 2. The molecule has 0 aromatic heterocycles. The molecule has 0 bridgehead atoms. The molecule has 2 rings (SSSR count). The Morgan fingerprint density at radius 2 is 1.55 bits per heavy atom. The van der Waals surface area contributed by atoms with Crippen molar-refractivity contribution in [3.8, 4) is 0 Å². The van der Waals surface area contributed by atoms with Crippen LogP contribution in [0.2, 0.25) is 0 Å². The van der Waals surface area contributed by atoms with Gasteiger partial charge in [-0.05, 0) is 31.2 Å². The first-order valence-corrected chi connectivity index (χ1v) is 9.35. The van der Waals surface area contributed by atoms with Gasteiger partial charge in [0.05, 0.1) is 0 Å². The van der Waals surface area contributed by atoms with Gasteiger partial charge in [0.1, 0.15) is 0 Å². The zero-order chi connectivity index (χ0) is 15.6. The van der Waals surface area contributed by atoms with Crippen LogP contribution in [0.3, 0.4) is 0 Å². The van der Waals surface area contributed by atoms with Gasteiger partial charge in [-0.3, -0.25) is 4.79 Å². The molecule has 0 saturated carbocycles. The van der Waals surface area contributed by atoms with Gasteiger partial charge in [-0.2, -0.15) is 0 Å². The number of aryl methyl sites for hydroxylation is 1. The van der Waals surface area contributed by atoms with E-state index in [0.717, 1.165) is 11.5 Å². The van der Waals surface area contributed by atoms with Crippen molar-refractivity contribution in [1.29, 1.82) is 0 Å². The summed E-state index contributed by atoms with van der Waals surface area (Å²) >= 11 is 3.49. The molecule has 2 nitrogen and oxygen atoms in total. The van der Waals surface area contributed by atoms with Gasteiger partial charge in [0, 0.05) is 34.3 Å². The molecule has 0 unspecified atom stereocenters. The first-order chi connectivity index (χ1) is 10.7. The molecule has 0 radical (unpaired) electrons.